The summed E-state index contributed by atoms with van der Waals surface area (Å²) in [5.74, 6) is -0.755. The zero-order chi connectivity index (χ0) is 30.0. The molecule has 1 fully saturated rings. The minimum absolute atomic E-state index is 0.0199. The number of H-pyrrole nitrogens is 1. The monoisotopic (exact) mass is 577 g/mol. The fraction of sp³-hybridized carbons (Fsp3) is 0.429. The molecule has 0 saturated carbocycles. The highest BCUT2D eigenvalue weighted by Gasteiger charge is 2.38. The standard InChI is InChI=1S/C28H32FN9O4/c1-16-6-7-20-19(13-32-35-20)23(16)21-15-41-24-25(33-28(34-26(24)42-21)31-9-8-22(39)36(4)5)37-10-11-38(27(40)17(2)29)18(14-37)12-30-3/h6-7,13,18,21H,2,8-12,14-15H2,1,4-5H3,(H,32,35)(H,31,33,34)/t18-,21?/m0/s1. The van der Waals surface area contributed by atoms with Crippen molar-refractivity contribution in [3.05, 3.63) is 53.3 Å². The largest absolute Gasteiger partial charge is 0.481 e. The van der Waals surface area contributed by atoms with Crippen LogP contribution in [0.15, 0.2) is 30.7 Å². The number of fused-ring (bicyclic) bond motifs is 2. The van der Waals surface area contributed by atoms with E-state index in [1.54, 1.807) is 20.3 Å². The third-order valence-electron chi connectivity index (χ3n) is 7.35. The van der Waals surface area contributed by atoms with Crippen molar-refractivity contribution in [2.24, 2.45) is 0 Å². The Labute approximate surface area is 242 Å². The number of anilines is 2. The minimum atomic E-state index is -1.07. The number of piperazine rings is 1. The van der Waals surface area contributed by atoms with Crippen LogP contribution in [0.25, 0.3) is 15.7 Å². The van der Waals surface area contributed by atoms with Crippen molar-refractivity contribution in [2.75, 3.05) is 63.6 Å². The van der Waals surface area contributed by atoms with Gasteiger partial charge in [-0.05, 0) is 18.6 Å². The van der Waals surface area contributed by atoms with Crippen molar-refractivity contribution in [3.8, 4) is 11.6 Å². The maximum atomic E-state index is 13.7. The molecule has 0 radical (unpaired) electrons. The molecule has 3 aromatic rings. The molecule has 2 aliphatic heterocycles. The predicted molar refractivity (Wildman–Crippen MR) is 153 cm³/mol. The number of aryl methyl sites for hydroxylation is 1. The van der Waals surface area contributed by atoms with Crippen LogP contribution in [-0.2, 0) is 9.59 Å². The molecular formula is C28H32FN9O4. The van der Waals surface area contributed by atoms with E-state index < -0.39 is 23.9 Å². The van der Waals surface area contributed by atoms with Gasteiger partial charge in [-0.2, -0.15) is 15.1 Å². The first-order valence-corrected chi connectivity index (χ1v) is 13.5. The van der Waals surface area contributed by atoms with Gasteiger partial charge in [0.25, 0.3) is 11.8 Å². The molecule has 2 N–H and O–H groups in total. The van der Waals surface area contributed by atoms with Crippen LogP contribution in [0.4, 0.5) is 16.2 Å². The van der Waals surface area contributed by atoms with Gasteiger partial charge in [0.15, 0.2) is 17.7 Å². The Bertz CT molecular complexity index is 1570. The van der Waals surface area contributed by atoms with Crippen molar-refractivity contribution in [1.82, 2.24) is 30.0 Å². The number of nitrogens with one attached hydrogen (secondary N) is 2. The molecule has 2 amide bonds. The van der Waals surface area contributed by atoms with E-state index in [9.17, 15) is 14.0 Å². The van der Waals surface area contributed by atoms with Gasteiger partial charge in [-0.25, -0.2) is 11.0 Å². The minimum Gasteiger partial charge on any atom is -0.481 e. The van der Waals surface area contributed by atoms with Crippen LogP contribution in [0, 0.1) is 13.5 Å². The molecule has 0 bridgehead atoms. The van der Waals surface area contributed by atoms with E-state index in [4.69, 9.17) is 21.0 Å². The summed E-state index contributed by atoms with van der Waals surface area (Å²) in [7, 11) is 3.37. The molecule has 0 spiro atoms. The summed E-state index contributed by atoms with van der Waals surface area (Å²) >= 11 is 0. The van der Waals surface area contributed by atoms with Crippen LogP contribution in [0.3, 0.4) is 0 Å². The van der Waals surface area contributed by atoms with Crippen LogP contribution in [-0.4, -0.2) is 101 Å². The molecule has 4 heterocycles. The van der Waals surface area contributed by atoms with Crippen LogP contribution >= 0.6 is 0 Å². The Morgan fingerprint density at radius 3 is 2.86 bits per heavy atom. The lowest BCUT2D eigenvalue weighted by atomic mass is 9.99. The number of ether oxygens (including phenoxy) is 2. The second kappa shape index (κ2) is 11.9. The van der Waals surface area contributed by atoms with Gasteiger partial charge in [0.2, 0.25) is 24.1 Å². The van der Waals surface area contributed by atoms with Crippen LogP contribution in [0.2, 0.25) is 0 Å². The molecule has 5 rings (SSSR count). The van der Waals surface area contributed by atoms with E-state index in [0.717, 1.165) is 22.0 Å². The molecule has 14 heteroatoms. The predicted octanol–water partition coefficient (Wildman–Crippen LogP) is 2.48. The van der Waals surface area contributed by atoms with Crippen LogP contribution in [0.5, 0.6) is 11.6 Å². The number of amides is 2. The quantitative estimate of drug-likeness (QED) is 0.306. The topological polar surface area (TPSA) is 133 Å². The zero-order valence-corrected chi connectivity index (χ0v) is 23.7. The van der Waals surface area contributed by atoms with Gasteiger partial charge < -0.3 is 34.3 Å². The Kier molecular flexibility index (Phi) is 8.10. The van der Waals surface area contributed by atoms with E-state index >= 15 is 0 Å². The van der Waals surface area contributed by atoms with Crippen molar-refractivity contribution in [1.29, 1.82) is 0 Å². The van der Waals surface area contributed by atoms with Crippen LogP contribution < -0.4 is 19.7 Å². The van der Waals surface area contributed by atoms with Gasteiger partial charge in [-0.1, -0.05) is 12.6 Å². The first-order valence-electron chi connectivity index (χ1n) is 13.5. The molecule has 2 atom stereocenters. The summed E-state index contributed by atoms with van der Waals surface area (Å²) in [5, 5.41) is 11.2. The van der Waals surface area contributed by atoms with Gasteiger partial charge in [0.1, 0.15) is 12.6 Å². The number of carbonyl (C=O) groups is 2. The number of hydrogen-bond acceptors (Lipinski definition) is 9. The molecule has 13 nitrogen and oxygen atoms in total. The first-order chi connectivity index (χ1) is 20.2. The fourth-order valence-electron chi connectivity index (χ4n) is 5.20. The summed E-state index contributed by atoms with van der Waals surface area (Å²) in [6.07, 6.45) is 1.50. The highest BCUT2D eigenvalue weighted by atomic mass is 19.1. The van der Waals surface area contributed by atoms with E-state index in [1.165, 1.54) is 9.80 Å². The van der Waals surface area contributed by atoms with Crippen molar-refractivity contribution in [3.63, 3.8) is 0 Å². The van der Waals surface area contributed by atoms with E-state index in [1.807, 2.05) is 24.0 Å². The lowest BCUT2D eigenvalue weighted by molar-refractivity contribution is -0.131. The normalized spacial score (nSPS) is 18.0. The molecule has 2 aromatic heterocycles. The maximum Gasteiger partial charge on any atom is 0.282 e. The second-order valence-electron chi connectivity index (χ2n) is 10.4. The highest BCUT2D eigenvalue weighted by Crippen LogP contribution is 2.43. The van der Waals surface area contributed by atoms with E-state index in [-0.39, 0.29) is 56.9 Å². The van der Waals surface area contributed by atoms with Gasteiger partial charge in [-0.15, -0.1) is 0 Å². The number of nitrogens with zero attached hydrogens (tertiary/aromatic N) is 7. The molecule has 1 saturated heterocycles. The average molecular weight is 578 g/mol. The summed E-state index contributed by atoms with van der Waals surface area (Å²) in [4.78, 5) is 42.0. The zero-order valence-electron chi connectivity index (χ0n) is 23.7. The first kappa shape index (κ1) is 28.6. The fourth-order valence-corrected chi connectivity index (χ4v) is 5.20. The number of rotatable bonds is 8. The van der Waals surface area contributed by atoms with E-state index in [2.05, 4.69) is 31.9 Å². The summed E-state index contributed by atoms with van der Waals surface area (Å²) in [6, 6.07) is 3.35. The highest BCUT2D eigenvalue weighted by molar-refractivity contribution is 5.91. The lowest BCUT2D eigenvalue weighted by Crippen LogP contribution is -2.56. The Morgan fingerprint density at radius 2 is 2.12 bits per heavy atom. The Balaban J connectivity index is 1.48. The van der Waals surface area contributed by atoms with Gasteiger partial charge in [0, 0.05) is 57.6 Å². The third-order valence-corrected chi connectivity index (χ3v) is 7.35. The van der Waals surface area contributed by atoms with Crippen molar-refractivity contribution in [2.45, 2.75) is 25.5 Å². The molecular weight excluding hydrogens is 545 g/mol. The van der Waals surface area contributed by atoms with Gasteiger partial charge in [-0.3, -0.25) is 14.7 Å². The number of aromatic nitrogens is 4. The molecule has 220 valence electrons. The van der Waals surface area contributed by atoms with Crippen LogP contribution in [0.1, 0.15) is 23.7 Å². The molecule has 1 unspecified atom stereocenters. The maximum absolute atomic E-state index is 13.7. The lowest BCUT2D eigenvalue weighted by Gasteiger charge is -2.40. The summed E-state index contributed by atoms with van der Waals surface area (Å²) in [6.45, 7) is 13.6. The van der Waals surface area contributed by atoms with E-state index in [0.29, 0.717) is 18.1 Å². The number of hydrogen-bond donors (Lipinski definition) is 2. The summed E-state index contributed by atoms with van der Waals surface area (Å²) < 4.78 is 26.4. The number of halogens is 1. The molecule has 1 aromatic carbocycles. The van der Waals surface area contributed by atoms with Gasteiger partial charge in [0.05, 0.1) is 11.7 Å². The third kappa shape index (κ3) is 5.63. The smallest absolute Gasteiger partial charge is 0.282 e. The number of carbonyl (C=O) groups excluding carboxylic acids is 2. The number of benzene rings is 1. The Hall–Kier alpha value is -4.93. The number of aromatic amines is 1. The SMILES string of the molecule is [C-]#[N+]C[C@H]1CN(c2nc(NCCC(=O)N(C)C)nc3c2OCC(c2c(C)ccc4[nH]ncc24)O3)CCN1C(=O)C(=C)F. The average Bonchev–Trinajstić information content (AvgIpc) is 3.45. The Morgan fingerprint density at radius 1 is 1.31 bits per heavy atom. The van der Waals surface area contributed by atoms with Gasteiger partial charge >= 0.3 is 0 Å². The van der Waals surface area contributed by atoms with Crippen molar-refractivity contribution >= 4 is 34.5 Å². The molecule has 42 heavy (non-hydrogen) atoms. The second-order valence-corrected chi connectivity index (χ2v) is 10.4. The molecule has 2 aliphatic rings. The van der Waals surface area contributed by atoms with Crippen molar-refractivity contribution < 1.29 is 23.5 Å². The summed E-state index contributed by atoms with van der Waals surface area (Å²) in [5.41, 5.74) is 2.80. The molecule has 0 aliphatic carbocycles.